The molecule has 1 amide bonds. The van der Waals surface area contributed by atoms with Crippen molar-refractivity contribution in [1.29, 1.82) is 0 Å². The summed E-state index contributed by atoms with van der Waals surface area (Å²) >= 11 is 0. The number of nitrogens with one attached hydrogen (secondary N) is 1. The van der Waals surface area contributed by atoms with Crippen LogP contribution in [0.2, 0.25) is 0 Å². The monoisotopic (exact) mass is 231 g/mol. The molecule has 0 saturated carbocycles. The van der Waals surface area contributed by atoms with Crippen molar-refractivity contribution in [2.24, 2.45) is 5.92 Å². The Bertz CT molecular complexity index is 233. The van der Waals surface area contributed by atoms with Crippen molar-refractivity contribution in [3.8, 4) is 0 Å². The lowest BCUT2D eigenvalue weighted by Crippen LogP contribution is -2.44. The quantitative estimate of drug-likeness (QED) is 0.754. The van der Waals surface area contributed by atoms with Gasteiger partial charge in [0.2, 0.25) is 0 Å². The molecular formula is C11H21NO4. The Morgan fingerprint density at radius 1 is 1.56 bits per heavy atom. The maximum absolute atomic E-state index is 11.4. The summed E-state index contributed by atoms with van der Waals surface area (Å²) in [6.07, 6.45) is 0.252. The number of carbonyl (C=O) groups is 1. The molecule has 1 fully saturated rings. The number of amides is 1. The molecule has 1 atom stereocenters. The van der Waals surface area contributed by atoms with Crippen molar-refractivity contribution in [1.82, 2.24) is 5.32 Å². The number of rotatable bonds is 4. The molecule has 0 radical (unpaired) electrons. The number of hydrogen-bond acceptors (Lipinski definition) is 4. The molecule has 94 valence electrons. The van der Waals surface area contributed by atoms with Gasteiger partial charge in [-0.2, -0.15) is 0 Å². The molecule has 1 heterocycles. The van der Waals surface area contributed by atoms with Crippen LogP contribution in [0, 0.1) is 5.92 Å². The first-order chi connectivity index (χ1) is 7.40. The molecular weight excluding hydrogens is 210 g/mol. The molecule has 5 heteroatoms. The second kappa shape index (κ2) is 5.50. The Morgan fingerprint density at radius 3 is 2.56 bits per heavy atom. The summed E-state index contributed by atoms with van der Waals surface area (Å²) < 4.78 is 10.2. The fourth-order valence-electron chi connectivity index (χ4n) is 1.48. The van der Waals surface area contributed by atoms with E-state index in [4.69, 9.17) is 14.6 Å². The molecule has 1 aliphatic rings. The SMILES string of the molecule is CC(C)(C)OC(=O)NC(CO)CC1COC1. The Morgan fingerprint density at radius 2 is 2.19 bits per heavy atom. The zero-order valence-electron chi connectivity index (χ0n) is 10.2. The van der Waals surface area contributed by atoms with Crippen LogP contribution >= 0.6 is 0 Å². The highest BCUT2D eigenvalue weighted by Gasteiger charge is 2.25. The predicted octanol–water partition coefficient (Wildman–Crippen LogP) is 0.909. The number of ether oxygens (including phenoxy) is 2. The van der Waals surface area contributed by atoms with Crippen LogP contribution in [0.1, 0.15) is 27.2 Å². The molecule has 0 aromatic rings. The minimum absolute atomic E-state index is 0.0737. The van der Waals surface area contributed by atoms with E-state index in [0.29, 0.717) is 19.1 Å². The van der Waals surface area contributed by atoms with Crippen molar-refractivity contribution in [2.75, 3.05) is 19.8 Å². The van der Waals surface area contributed by atoms with Gasteiger partial charge in [-0.3, -0.25) is 0 Å². The zero-order valence-corrected chi connectivity index (χ0v) is 10.2. The van der Waals surface area contributed by atoms with E-state index in [1.165, 1.54) is 0 Å². The second-order valence-electron chi connectivity index (χ2n) is 5.16. The molecule has 2 N–H and O–H groups in total. The van der Waals surface area contributed by atoms with E-state index in [0.717, 1.165) is 6.42 Å². The van der Waals surface area contributed by atoms with Crippen molar-refractivity contribution >= 4 is 6.09 Å². The molecule has 0 spiro atoms. The molecule has 1 unspecified atom stereocenters. The molecule has 0 aliphatic carbocycles. The molecule has 0 aromatic carbocycles. The fourth-order valence-corrected chi connectivity index (χ4v) is 1.48. The second-order valence-corrected chi connectivity index (χ2v) is 5.16. The minimum Gasteiger partial charge on any atom is -0.444 e. The van der Waals surface area contributed by atoms with Gasteiger partial charge in [-0.25, -0.2) is 4.79 Å². The van der Waals surface area contributed by atoms with E-state index in [9.17, 15) is 4.79 Å². The summed E-state index contributed by atoms with van der Waals surface area (Å²) in [7, 11) is 0. The summed E-state index contributed by atoms with van der Waals surface area (Å²) in [4.78, 5) is 11.4. The first kappa shape index (κ1) is 13.3. The van der Waals surface area contributed by atoms with Gasteiger partial charge in [0.1, 0.15) is 5.60 Å². The number of aliphatic hydroxyl groups excluding tert-OH is 1. The highest BCUT2D eigenvalue weighted by atomic mass is 16.6. The van der Waals surface area contributed by atoms with E-state index in [2.05, 4.69) is 5.32 Å². The Balaban J connectivity index is 2.28. The van der Waals surface area contributed by atoms with Crippen molar-refractivity contribution in [3.05, 3.63) is 0 Å². The maximum Gasteiger partial charge on any atom is 0.407 e. The third-order valence-corrected chi connectivity index (χ3v) is 2.27. The van der Waals surface area contributed by atoms with Crippen LogP contribution in [0.3, 0.4) is 0 Å². The Kier molecular flexibility index (Phi) is 4.56. The lowest BCUT2D eigenvalue weighted by Gasteiger charge is -2.30. The lowest BCUT2D eigenvalue weighted by molar-refractivity contribution is -0.0425. The normalized spacial score (nSPS) is 18.8. The maximum atomic E-state index is 11.4. The summed E-state index contributed by atoms with van der Waals surface area (Å²) in [5, 5.41) is 11.8. The molecule has 1 rings (SSSR count). The van der Waals surface area contributed by atoms with Gasteiger partial charge in [0, 0.05) is 5.92 Å². The molecule has 0 bridgehead atoms. The topological polar surface area (TPSA) is 67.8 Å². The predicted molar refractivity (Wildman–Crippen MR) is 59.2 cm³/mol. The van der Waals surface area contributed by atoms with E-state index < -0.39 is 11.7 Å². The van der Waals surface area contributed by atoms with Gasteiger partial charge in [0.05, 0.1) is 25.9 Å². The molecule has 1 saturated heterocycles. The van der Waals surface area contributed by atoms with Crippen LogP contribution in [0.5, 0.6) is 0 Å². The Labute approximate surface area is 96.1 Å². The van der Waals surface area contributed by atoms with E-state index >= 15 is 0 Å². The third kappa shape index (κ3) is 4.81. The first-order valence-electron chi connectivity index (χ1n) is 5.59. The van der Waals surface area contributed by atoms with Crippen molar-refractivity contribution < 1.29 is 19.4 Å². The van der Waals surface area contributed by atoms with Gasteiger partial charge in [-0.1, -0.05) is 0 Å². The van der Waals surface area contributed by atoms with Gasteiger partial charge in [-0.15, -0.1) is 0 Å². The van der Waals surface area contributed by atoms with Crippen molar-refractivity contribution in [3.63, 3.8) is 0 Å². The molecule has 1 aliphatic heterocycles. The van der Waals surface area contributed by atoms with Crippen LogP contribution in [0.15, 0.2) is 0 Å². The van der Waals surface area contributed by atoms with Crippen molar-refractivity contribution in [2.45, 2.75) is 38.8 Å². The first-order valence-corrected chi connectivity index (χ1v) is 5.59. The average molecular weight is 231 g/mol. The highest BCUT2D eigenvalue weighted by molar-refractivity contribution is 5.68. The summed E-state index contributed by atoms with van der Waals surface area (Å²) in [6, 6.07) is -0.247. The average Bonchev–Trinajstić information content (AvgIpc) is 2.05. The van der Waals surface area contributed by atoms with Crippen LogP contribution in [-0.4, -0.2) is 42.7 Å². The smallest absolute Gasteiger partial charge is 0.407 e. The molecule has 0 aromatic heterocycles. The summed E-state index contributed by atoms with van der Waals surface area (Å²) in [5.41, 5.74) is -0.510. The fraction of sp³-hybridized carbons (Fsp3) is 0.909. The van der Waals surface area contributed by atoms with E-state index in [1.54, 1.807) is 20.8 Å². The van der Waals surface area contributed by atoms with Crippen LogP contribution in [0.25, 0.3) is 0 Å². The highest BCUT2D eigenvalue weighted by Crippen LogP contribution is 2.16. The van der Waals surface area contributed by atoms with Gasteiger partial charge in [-0.05, 0) is 27.2 Å². The zero-order chi connectivity index (χ0) is 12.2. The van der Waals surface area contributed by atoms with Gasteiger partial charge in [0.15, 0.2) is 0 Å². The molecule has 16 heavy (non-hydrogen) atoms. The number of aliphatic hydroxyl groups is 1. The van der Waals surface area contributed by atoms with Gasteiger partial charge in [0.25, 0.3) is 0 Å². The number of carbonyl (C=O) groups excluding carboxylic acids is 1. The van der Waals surface area contributed by atoms with Crippen LogP contribution < -0.4 is 5.32 Å². The van der Waals surface area contributed by atoms with Crippen LogP contribution in [0.4, 0.5) is 4.79 Å². The standard InChI is InChI=1S/C11H21NO4/c1-11(2,3)16-10(14)12-9(5-13)4-8-6-15-7-8/h8-9,13H,4-7H2,1-3H3,(H,12,14). The molecule has 5 nitrogen and oxygen atoms in total. The largest absolute Gasteiger partial charge is 0.444 e. The number of alkyl carbamates (subject to hydrolysis) is 1. The van der Waals surface area contributed by atoms with Crippen LogP contribution in [-0.2, 0) is 9.47 Å². The third-order valence-electron chi connectivity index (χ3n) is 2.27. The summed E-state index contributed by atoms with van der Waals surface area (Å²) in [5.74, 6) is 0.437. The Hall–Kier alpha value is -0.810. The van der Waals surface area contributed by atoms with E-state index in [-0.39, 0.29) is 12.6 Å². The summed E-state index contributed by atoms with van der Waals surface area (Å²) in [6.45, 7) is 6.77. The number of hydrogen-bond donors (Lipinski definition) is 2. The minimum atomic E-state index is -0.510. The van der Waals surface area contributed by atoms with Gasteiger partial charge < -0.3 is 19.9 Å². The van der Waals surface area contributed by atoms with Gasteiger partial charge >= 0.3 is 6.09 Å². The lowest BCUT2D eigenvalue weighted by atomic mass is 9.99. The van der Waals surface area contributed by atoms with E-state index in [1.807, 2.05) is 0 Å².